The van der Waals surface area contributed by atoms with E-state index in [-0.39, 0.29) is 11.5 Å². The van der Waals surface area contributed by atoms with Gasteiger partial charge in [-0.1, -0.05) is 29.8 Å². The molecule has 98 valence electrons. The normalized spacial score (nSPS) is 16.8. The van der Waals surface area contributed by atoms with E-state index in [1.54, 1.807) is 0 Å². The van der Waals surface area contributed by atoms with Gasteiger partial charge in [0.15, 0.2) is 11.5 Å². The van der Waals surface area contributed by atoms with Crippen molar-refractivity contribution in [3.8, 4) is 0 Å². The number of hydrogen-bond acceptors (Lipinski definition) is 4. The van der Waals surface area contributed by atoms with Crippen LogP contribution in [0.15, 0.2) is 40.6 Å². The third-order valence-corrected chi connectivity index (χ3v) is 3.32. The Bertz CT molecular complexity index is 596. The van der Waals surface area contributed by atoms with Crippen molar-refractivity contribution in [3.63, 3.8) is 0 Å². The highest BCUT2D eigenvalue weighted by molar-refractivity contribution is 9.12. The quantitative estimate of drug-likeness (QED) is 0.620. The topological polar surface area (TPSA) is 52.6 Å². The summed E-state index contributed by atoms with van der Waals surface area (Å²) in [5.74, 6) is -0.649. The first-order valence-corrected chi connectivity index (χ1v) is 6.31. The van der Waals surface area contributed by atoms with Gasteiger partial charge in [0, 0.05) is 5.56 Å². The molecule has 1 aromatic rings. The molecular formula is C14H11BrO4. The van der Waals surface area contributed by atoms with Crippen LogP contribution in [-0.4, -0.2) is 18.9 Å². The van der Waals surface area contributed by atoms with E-state index in [2.05, 4.69) is 20.7 Å². The predicted octanol–water partition coefficient (Wildman–Crippen LogP) is 2.71. The Morgan fingerprint density at radius 2 is 1.95 bits per heavy atom. The molecule has 4 nitrogen and oxygen atoms in total. The van der Waals surface area contributed by atoms with E-state index < -0.39 is 5.97 Å². The van der Waals surface area contributed by atoms with Gasteiger partial charge in [-0.2, -0.15) is 0 Å². The third kappa shape index (κ3) is 2.76. The second-order valence-corrected chi connectivity index (χ2v) is 4.77. The summed E-state index contributed by atoms with van der Waals surface area (Å²) in [6, 6.07) is 7.53. The molecule has 0 radical (unpaired) electrons. The maximum Gasteiger partial charge on any atom is 0.334 e. The second-order valence-electron chi connectivity index (χ2n) is 3.97. The zero-order valence-electron chi connectivity index (χ0n) is 10.4. The highest BCUT2D eigenvalue weighted by Gasteiger charge is 2.30. The van der Waals surface area contributed by atoms with E-state index in [4.69, 9.17) is 4.74 Å². The van der Waals surface area contributed by atoms with E-state index in [1.807, 2.05) is 31.2 Å². The van der Waals surface area contributed by atoms with Crippen molar-refractivity contribution in [3.05, 3.63) is 51.7 Å². The maximum absolute atomic E-state index is 11.9. The number of halogens is 1. The van der Waals surface area contributed by atoms with Gasteiger partial charge in [0.05, 0.1) is 13.2 Å². The van der Waals surface area contributed by atoms with Crippen LogP contribution in [0.4, 0.5) is 0 Å². The van der Waals surface area contributed by atoms with Crippen LogP contribution in [0.5, 0.6) is 0 Å². The molecule has 0 saturated heterocycles. The molecule has 5 heteroatoms. The largest absolute Gasteiger partial charge is 0.466 e. The van der Waals surface area contributed by atoms with Crippen molar-refractivity contribution in [2.24, 2.45) is 0 Å². The number of methoxy groups -OCH3 is 1. The number of ether oxygens (including phenoxy) is 2. The van der Waals surface area contributed by atoms with Crippen LogP contribution >= 0.6 is 15.9 Å². The molecule has 0 bridgehead atoms. The SMILES string of the molecule is COC(=O)/C=C1/OC(c2ccc(C)cc2)=C(Br)C1=O. The molecule has 1 aromatic carbocycles. The number of esters is 1. The monoisotopic (exact) mass is 322 g/mol. The molecule has 0 spiro atoms. The van der Waals surface area contributed by atoms with Crippen molar-refractivity contribution in [1.82, 2.24) is 0 Å². The molecular weight excluding hydrogens is 312 g/mol. The minimum absolute atomic E-state index is 0.0469. The van der Waals surface area contributed by atoms with Crippen LogP contribution in [0, 0.1) is 6.92 Å². The number of benzene rings is 1. The van der Waals surface area contributed by atoms with E-state index in [0.717, 1.165) is 17.2 Å². The van der Waals surface area contributed by atoms with Gasteiger partial charge in [-0.15, -0.1) is 0 Å². The summed E-state index contributed by atoms with van der Waals surface area (Å²) in [6.45, 7) is 1.97. The van der Waals surface area contributed by atoms with E-state index in [1.165, 1.54) is 7.11 Å². The summed E-state index contributed by atoms with van der Waals surface area (Å²) in [5, 5.41) is 0. The summed E-state index contributed by atoms with van der Waals surface area (Å²) in [5.41, 5.74) is 1.87. The molecule has 1 aliphatic rings. The van der Waals surface area contributed by atoms with Gasteiger partial charge in [0.2, 0.25) is 5.78 Å². The molecule has 0 amide bonds. The van der Waals surface area contributed by atoms with Crippen LogP contribution in [0.3, 0.4) is 0 Å². The summed E-state index contributed by atoms with van der Waals surface area (Å²) in [6.07, 6.45) is 1.03. The van der Waals surface area contributed by atoms with E-state index in [0.29, 0.717) is 10.2 Å². The number of Topliss-reactive ketones (excluding diaryl/α,β-unsaturated/α-hetero) is 1. The zero-order valence-corrected chi connectivity index (χ0v) is 12.0. The first kappa shape index (κ1) is 13.5. The average molecular weight is 323 g/mol. The van der Waals surface area contributed by atoms with Crippen molar-refractivity contribution < 1.29 is 19.1 Å². The number of carbonyl (C=O) groups is 2. The number of aryl methyl sites for hydroxylation is 1. The van der Waals surface area contributed by atoms with Gasteiger partial charge >= 0.3 is 5.97 Å². The van der Waals surface area contributed by atoms with Gasteiger partial charge < -0.3 is 9.47 Å². The summed E-state index contributed by atoms with van der Waals surface area (Å²) >= 11 is 3.19. The lowest BCUT2D eigenvalue weighted by Crippen LogP contribution is -2.02. The number of hydrogen-bond donors (Lipinski definition) is 0. The minimum atomic E-state index is -0.631. The third-order valence-electron chi connectivity index (χ3n) is 2.60. The fraction of sp³-hybridized carbons (Fsp3) is 0.143. The molecule has 19 heavy (non-hydrogen) atoms. The summed E-state index contributed by atoms with van der Waals surface area (Å²) in [7, 11) is 1.24. The lowest BCUT2D eigenvalue weighted by Gasteiger charge is -2.04. The molecule has 0 aliphatic carbocycles. The van der Waals surface area contributed by atoms with Crippen LogP contribution < -0.4 is 0 Å². The molecule has 1 heterocycles. The first-order chi connectivity index (χ1) is 9.02. The van der Waals surface area contributed by atoms with Crippen LogP contribution in [0.2, 0.25) is 0 Å². The highest BCUT2D eigenvalue weighted by Crippen LogP contribution is 2.35. The standard InChI is InChI=1S/C14H11BrO4/c1-8-3-5-9(6-4-8)14-12(15)13(17)10(19-14)7-11(16)18-2/h3-7H,1-2H3/b10-7+. The Balaban J connectivity index is 2.33. The minimum Gasteiger partial charge on any atom is -0.466 e. The Morgan fingerprint density at radius 3 is 2.53 bits per heavy atom. The van der Waals surface area contributed by atoms with Crippen LogP contribution in [0.25, 0.3) is 5.76 Å². The Hall–Kier alpha value is -1.88. The Morgan fingerprint density at radius 1 is 1.32 bits per heavy atom. The number of ketones is 1. The fourth-order valence-electron chi connectivity index (χ4n) is 1.56. The molecule has 1 aliphatic heterocycles. The lowest BCUT2D eigenvalue weighted by molar-refractivity contribution is -0.135. The second kappa shape index (κ2) is 5.40. The van der Waals surface area contributed by atoms with Gasteiger partial charge in [-0.3, -0.25) is 4.79 Å². The molecule has 0 aromatic heterocycles. The van der Waals surface area contributed by atoms with Crippen molar-refractivity contribution >= 4 is 33.4 Å². The van der Waals surface area contributed by atoms with Gasteiger partial charge in [0.1, 0.15) is 4.48 Å². The van der Waals surface area contributed by atoms with Crippen molar-refractivity contribution in [2.75, 3.05) is 7.11 Å². The number of rotatable bonds is 2. The van der Waals surface area contributed by atoms with Gasteiger partial charge in [0.25, 0.3) is 0 Å². The molecule has 0 saturated carbocycles. The Kier molecular flexibility index (Phi) is 3.85. The maximum atomic E-state index is 11.9. The first-order valence-electron chi connectivity index (χ1n) is 5.52. The predicted molar refractivity (Wildman–Crippen MR) is 73.2 cm³/mol. The van der Waals surface area contributed by atoms with Gasteiger partial charge in [-0.25, -0.2) is 4.79 Å². The lowest BCUT2D eigenvalue weighted by atomic mass is 10.1. The summed E-state index contributed by atoms with van der Waals surface area (Å²) in [4.78, 5) is 23.0. The van der Waals surface area contributed by atoms with Crippen molar-refractivity contribution in [1.29, 1.82) is 0 Å². The summed E-state index contributed by atoms with van der Waals surface area (Å²) < 4.78 is 10.2. The average Bonchev–Trinajstić information content (AvgIpc) is 2.68. The van der Waals surface area contributed by atoms with E-state index in [9.17, 15) is 9.59 Å². The molecule has 2 rings (SSSR count). The van der Waals surface area contributed by atoms with Crippen LogP contribution in [-0.2, 0) is 19.1 Å². The molecule has 0 unspecified atom stereocenters. The zero-order chi connectivity index (χ0) is 14.0. The molecule has 0 N–H and O–H groups in total. The van der Waals surface area contributed by atoms with Crippen LogP contribution in [0.1, 0.15) is 11.1 Å². The Labute approximate surface area is 118 Å². The highest BCUT2D eigenvalue weighted by atomic mass is 79.9. The molecule has 0 fully saturated rings. The number of carbonyl (C=O) groups excluding carboxylic acids is 2. The van der Waals surface area contributed by atoms with Gasteiger partial charge in [-0.05, 0) is 22.9 Å². The smallest absolute Gasteiger partial charge is 0.334 e. The van der Waals surface area contributed by atoms with E-state index >= 15 is 0 Å². The van der Waals surface area contributed by atoms with Crippen molar-refractivity contribution in [2.45, 2.75) is 6.92 Å². The fourth-order valence-corrected chi connectivity index (χ4v) is 2.07. The number of allylic oxidation sites excluding steroid dienone is 1. The molecule has 0 atom stereocenters.